The number of benzene rings is 1. The molecule has 1 aromatic rings. The first-order chi connectivity index (χ1) is 14.7. The first kappa shape index (κ1) is 22.6. The van der Waals surface area contributed by atoms with Gasteiger partial charge in [0.25, 0.3) is 11.8 Å². The Morgan fingerprint density at radius 2 is 1.97 bits per heavy atom. The summed E-state index contributed by atoms with van der Waals surface area (Å²) in [6.07, 6.45) is 2.24. The lowest BCUT2D eigenvalue weighted by atomic mass is 9.60. The minimum Gasteiger partial charge on any atom is -0.484 e. The van der Waals surface area contributed by atoms with Gasteiger partial charge in [-0.2, -0.15) is 5.48 Å². The summed E-state index contributed by atoms with van der Waals surface area (Å²) in [6.45, 7) is 1.76. The fraction of sp³-hybridized carbons (Fsp3) is 0.619. The highest BCUT2D eigenvalue weighted by molar-refractivity contribution is 6.42. The Bertz CT molecular complexity index is 859. The second-order valence-electron chi connectivity index (χ2n) is 8.92. The molecule has 4 N–H and O–H groups in total. The number of hydroxylamine groups is 1. The number of nitrogens with one attached hydrogen (secondary N) is 3. The molecule has 10 heteroatoms. The number of ether oxygens (including phenoxy) is 1. The monoisotopic (exact) mass is 471 g/mol. The highest BCUT2D eigenvalue weighted by Crippen LogP contribution is 2.47. The lowest BCUT2D eigenvalue weighted by Gasteiger charge is -2.56. The van der Waals surface area contributed by atoms with Crippen LogP contribution in [0.15, 0.2) is 18.2 Å². The number of fused-ring (bicyclic) bond motifs is 3. The SMILES string of the molecule is CC1CC(C(=O)NC23CCC(NC(=O)COc4ccc(Cl)c(Cl)c4)(CC2)[C@@H](O)C3)ON1. The third-order valence-electron chi connectivity index (χ3n) is 6.63. The molecule has 4 fully saturated rings. The van der Waals surface area contributed by atoms with E-state index in [1.165, 1.54) is 0 Å². The zero-order chi connectivity index (χ0) is 22.2. The van der Waals surface area contributed by atoms with Crippen LogP contribution in [0.25, 0.3) is 0 Å². The second kappa shape index (κ2) is 8.75. The Morgan fingerprint density at radius 3 is 2.58 bits per heavy atom. The van der Waals surface area contributed by atoms with Crippen molar-refractivity contribution in [3.05, 3.63) is 28.2 Å². The molecule has 2 unspecified atom stereocenters. The molecule has 8 nitrogen and oxygen atoms in total. The van der Waals surface area contributed by atoms with Crippen molar-refractivity contribution >= 4 is 35.0 Å². The normalized spacial score (nSPS) is 34.4. The van der Waals surface area contributed by atoms with E-state index in [-0.39, 0.29) is 24.5 Å². The maximum Gasteiger partial charge on any atom is 0.258 e. The topological polar surface area (TPSA) is 109 Å². The molecule has 0 spiro atoms. The van der Waals surface area contributed by atoms with Gasteiger partial charge in [-0.25, -0.2) is 0 Å². The summed E-state index contributed by atoms with van der Waals surface area (Å²) >= 11 is 11.8. The molecule has 1 saturated heterocycles. The van der Waals surface area contributed by atoms with Crippen LogP contribution in [-0.4, -0.2) is 52.9 Å². The molecule has 1 aromatic carbocycles. The molecule has 2 amide bonds. The summed E-state index contributed by atoms with van der Waals surface area (Å²) < 4.78 is 5.51. The zero-order valence-corrected chi connectivity index (χ0v) is 18.8. The smallest absolute Gasteiger partial charge is 0.258 e. The maximum absolute atomic E-state index is 12.6. The molecule has 0 radical (unpaired) electrons. The van der Waals surface area contributed by atoms with E-state index in [4.69, 9.17) is 32.8 Å². The molecular weight excluding hydrogens is 445 g/mol. The van der Waals surface area contributed by atoms with E-state index in [0.717, 1.165) is 0 Å². The van der Waals surface area contributed by atoms with Crippen molar-refractivity contribution in [2.24, 2.45) is 0 Å². The van der Waals surface area contributed by atoms with E-state index in [1.54, 1.807) is 18.2 Å². The Balaban J connectivity index is 1.31. The molecule has 1 heterocycles. The zero-order valence-electron chi connectivity index (χ0n) is 17.2. The Hall–Kier alpha value is -1.58. The average Bonchev–Trinajstić information content (AvgIpc) is 3.17. The van der Waals surface area contributed by atoms with E-state index in [0.29, 0.717) is 54.3 Å². The molecule has 4 aliphatic rings. The van der Waals surface area contributed by atoms with Gasteiger partial charge in [0.15, 0.2) is 12.7 Å². The van der Waals surface area contributed by atoms with Crippen molar-refractivity contribution in [3.63, 3.8) is 0 Å². The molecule has 3 atom stereocenters. The molecule has 1 aliphatic heterocycles. The highest BCUT2D eigenvalue weighted by Gasteiger charge is 2.55. The summed E-state index contributed by atoms with van der Waals surface area (Å²) in [4.78, 5) is 30.5. The number of halogens is 2. The summed E-state index contributed by atoms with van der Waals surface area (Å²) in [5.74, 6) is -0.0324. The van der Waals surface area contributed by atoms with Crippen molar-refractivity contribution in [1.29, 1.82) is 0 Å². The van der Waals surface area contributed by atoms with Gasteiger partial charge in [0.2, 0.25) is 0 Å². The number of aliphatic hydroxyl groups is 1. The van der Waals surface area contributed by atoms with Crippen molar-refractivity contribution in [3.8, 4) is 5.75 Å². The van der Waals surface area contributed by atoms with Crippen LogP contribution in [-0.2, 0) is 14.4 Å². The van der Waals surface area contributed by atoms with Gasteiger partial charge >= 0.3 is 0 Å². The molecule has 170 valence electrons. The number of hydrogen-bond donors (Lipinski definition) is 4. The van der Waals surface area contributed by atoms with Crippen LogP contribution in [0.3, 0.4) is 0 Å². The highest BCUT2D eigenvalue weighted by atomic mass is 35.5. The third-order valence-corrected chi connectivity index (χ3v) is 7.37. The molecule has 5 rings (SSSR count). The molecular formula is C21H27Cl2N3O5. The number of aliphatic hydroxyl groups excluding tert-OH is 1. The lowest BCUT2D eigenvalue weighted by molar-refractivity contribution is -0.142. The Morgan fingerprint density at radius 1 is 1.23 bits per heavy atom. The molecule has 3 saturated carbocycles. The molecule has 0 aromatic heterocycles. The molecule has 3 aliphatic carbocycles. The fourth-order valence-electron chi connectivity index (χ4n) is 4.81. The van der Waals surface area contributed by atoms with Crippen LogP contribution < -0.4 is 20.9 Å². The average molecular weight is 472 g/mol. The number of carbonyl (C=O) groups excluding carboxylic acids is 2. The van der Waals surface area contributed by atoms with Crippen LogP contribution in [0, 0.1) is 0 Å². The van der Waals surface area contributed by atoms with E-state index >= 15 is 0 Å². The van der Waals surface area contributed by atoms with Crippen LogP contribution in [0.2, 0.25) is 10.0 Å². The minimum absolute atomic E-state index is 0.130. The van der Waals surface area contributed by atoms with Crippen LogP contribution in [0.5, 0.6) is 5.75 Å². The van der Waals surface area contributed by atoms with E-state index in [9.17, 15) is 14.7 Å². The minimum atomic E-state index is -0.759. The standard InChI is InChI=1S/C21H27Cl2N3O5/c1-12-8-16(31-26-12)19(29)25-20-4-6-21(7-5-20,17(27)10-20)24-18(28)11-30-13-2-3-14(22)15(23)9-13/h2-3,9,12,16-17,26-27H,4-8,10-11H2,1H3,(H,24,28)(H,25,29)/t12?,16?,17-,20?,21?/m0/s1. The van der Waals surface area contributed by atoms with Crippen molar-refractivity contribution < 1.29 is 24.3 Å². The van der Waals surface area contributed by atoms with Gasteiger partial charge < -0.3 is 20.5 Å². The maximum atomic E-state index is 12.6. The van der Waals surface area contributed by atoms with E-state index in [1.807, 2.05) is 6.92 Å². The van der Waals surface area contributed by atoms with Crippen LogP contribution in [0.4, 0.5) is 0 Å². The van der Waals surface area contributed by atoms with Crippen molar-refractivity contribution in [2.45, 2.75) is 74.8 Å². The predicted octanol–water partition coefficient (Wildman–Crippen LogP) is 2.10. The summed E-state index contributed by atoms with van der Waals surface area (Å²) in [5, 5.41) is 17.7. The first-order valence-electron chi connectivity index (χ1n) is 10.5. The van der Waals surface area contributed by atoms with Crippen LogP contribution in [0.1, 0.15) is 45.4 Å². The van der Waals surface area contributed by atoms with Gasteiger partial charge in [-0.15, -0.1) is 0 Å². The van der Waals surface area contributed by atoms with E-state index < -0.39 is 23.3 Å². The molecule has 2 bridgehead atoms. The number of hydrogen-bond acceptors (Lipinski definition) is 6. The van der Waals surface area contributed by atoms with Gasteiger partial charge in [-0.1, -0.05) is 23.2 Å². The first-order valence-corrected chi connectivity index (χ1v) is 11.3. The molecule has 31 heavy (non-hydrogen) atoms. The van der Waals surface area contributed by atoms with Crippen LogP contribution >= 0.6 is 23.2 Å². The van der Waals surface area contributed by atoms with Gasteiger partial charge in [-0.3, -0.25) is 14.4 Å². The van der Waals surface area contributed by atoms with Gasteiger partial charge in [0, 0.05) is 24.1 Å². The number of rotatable bonds is 6. The van der Waals surface area contributed by atoms with Crippen molar-refractivity contribution in [1.82, 2.24) is 16.1 Å². The predicted molar refractivity (Wildman–Crippen MR) is 115 cm³/mol. The van der Waals surface area contributed by atoms with Crippen molar-refractivity contribution in [2.75, 3.05) is 6.61 Å². The van der Waals surface area contributed by atoms with Gasteiger partial charge in [0.05, 0.1) is 21.7 Å². The quantitative estimate of drug-likeness (QED) is 0.505. The summed E-state index contributed by atoms with van der Waals surface area (Å²) in [7, 11) is 0. The van der Waals surface area contributed by atoms with E-state index in [2.05, 4.69) is 16.1 Å². The third kappa shape index (κ3) is 4.78. The number of carbonyl (C=O) groups is 2. The fourth-order valence-corrected chi connectivity index (χ4v) is 5.10. The summed E-state index contributed by atoms with van der Waals surface area (Å²) in [5.41, 5.74) is 1.64. The summed E-state index contributed by atoms with van der Waals surface area (Å²) in [6, 6.07) is 4.91. The Kier molecular flexibility index (Phi) is 6.38. The lowest BCUT2D eigenvalue weighted by Crippen LogP contribution is -2.70. The number of amides is 2. The second-order valence-corrected chi connectivity index (χ2v) is 9.73. The van der Waals surface area contributed by atoms with Gasteiger partial charge in [0.1, 0.15) is 5.75 Å². The largest absolute Gasteiger partial charge is 0.484 e. The Labute approximate surface area is 190 Å². The van der Waals surface area contributed by atoms with Gasteiger partial charge in [-0.05, 0) is 51.2 Å².